The second-order valence-electron chi connectivity index (χ2n) is 6.47. The van der Waals surface area contributed by atoms with Crippen molar-refractivity contribution >= 4 is 5.91 Å². The molecular formula is C20H22N2O3. The van der Waals surface area contributed by atoms with E-state index in [9.17, 15) is 4.79 Å². The number of carbonyl (C=O) groups is 1. The number of ether oxygens (including phenoxy) is 2. The number of nitrogens with one attached hydrogen (secondary N) is 1. The largest absolute Gasteiger partial charge is 0.467 e. The molecule has 2 aromatic carbocycles. The summed E-state index contributed by atoms with van der Waals surface area (Å²) in [7, 11) is 0. The first-order valence-corrected chi connectivity index (χ1v) is 8.71. The van der Waals surface area contributed by atoms with Crippen LogP contribution in [-0.2, 0) is 22.6 Å². The zero-order chi connectivity index (χ0) is 17.1. The molecule has 2 aliphatic rings. The standard InChI is InChI=1S/C20H22N2O3/c23-20(19-17-8-3-4-9-18(17)24-14-25-19)21-10-5-11-22-12-15-6-1-2-7-16(15)13-22/h1-4,6-9,19H,5,10-14H2,(H,21,23)/t19-/m0/s1. The maximum absolute atomic E-state index is 12.4. The predicted molar refractivity (Wildman–Crippen MR) is 93.9 cm³/mol. The number of hydrogen-bond donors (Lipinski definition) is 1. The number of rotatable bonds is 5. The van der Waals surface area contributed by atoms with Gasteiger partial charge in [0.05, 0.1) is 0 Å². The van der Waals surface area contributed by atoms with Crippen LogP contribution < -0.4 is 10.1 Å². The van der Waals surface area contributed by atoms with E-state index >= 15 is 0 Å². The van der Waals surface area contributed by atoms with Crippen LogP contribution in [-0.4, -0.2) is 30.7 Å². The van der Waals surface area contributed by atoms with E-state index < -0.39 is 6.10 Å². The molecule has 130 valence electrons. The fraction of sp³-hybridized carbons (Fsp3) is 0.350. The highest BCUT2D eigenvalue weighted by molar-refractivity contribution is 5.83. The van der Waals surface area contributed by atoms with Crippen molar-refractivity contribution in [3.8, 4) is 5.75 Å². The molecule has 1 N–H and O–H groups in total. The van der Waals surface area contributed by atoms with Crippen molar-refractivity contribution in [3.05, 3.63) is 65.2 Å². The van der Waals surface area contributed by atoms with Crippen molar-refractivity contribution in [2.75, 3.05) is 19.9 Å². The molecular weight excluding hydrogens is 316 g/mol. The fourth-order valence-electron chi connectivity index (χ4n) is 3.47. The lowest BCUT2D eigenvalue weighted by molar-refractivity contribution is -0.142. The van der Waals surface area contributed by atoms with Crippen LogP contribution in [0, 0.1) is 0 Å². The van der Waals surface area contributed by atoms with Gasteiger partial charge >= 0.3 is 0 Å². The molecule has 2 aromatic rings. The molecule has 2 aliphatic heterocycles. The summed E-state index contributed by atoms with van der Waals surface area (Å²) in [4.78, 5) is 14.8. The zero-order valence-corrected chi connectivity index (χ0v) is 14.1. The molecule has 1 amide bonds. The SMILES string of the molecule is O=C(NCCCN1Cc2ccccc2C1)[C@H]1OCOc2ccccc21. The van der Waals surface area contributed by atoms with Gasteiger partial charge in [-0.3, -0.25) is 9.69 Å². The molecule has 0 saturated heterocycles. The van der Waals surface area contributed by atoms with Crippen molar-refractivity contribution in [2.45, 2.75) is 25.6 Å². The summed E-state index contributed by atoms with van der Waals surface area (Å²) in [5.41, 5.74) is 3.62. The highest BCUT2D eigenvalue weighted by atomic mass is 16.7. The van der Waals surface area contributed by atoms with E-state index in [0.717, 1.165) is 37.4 Å². The molecule has 25 heavy (non-hydrogen) atoms. The van der Waals surface area contributed by atoms with Gasteiger partial charge in [0, 0.05) is 31.7 Å². The quantitative estimate of drug-likeness (QED) is 0.852. The first-order valence-electron chi connectivity index (χ1n) is 8.71. The number of amides is 1. The number of para-hydroxylation sites is 1. The van der Waals surface area contributed by atoms with Crippen LogP contribution in [0.3, 0.4) is 0 Å². The Morgan fingerprint density at radius 3 is 2.60 bits per heavy atom. The smallest absolute Gasteiger partial charge is 0.254 e. The van der Waals surface area contributed by atoms with E-state index in [1.54, 1.807) is 0 Å². The molecule has 5 nitrogen and oxygen atoms in total. The van der Waals surface area contributed by atoms with E-state index in [0.29, 0.717) is 6.54 Å². The van der Waals surface area contributed by atoms with Crippen molar-refractivity contribution in [1.82, 2.24) is 10.2 Å². The van der Waals surface area contributed by atoms with Gasteiger partial charge in [0.1, 0.15) is 5.75 Å². The van der Waals surface area contributed by atoms with E-state index in [1.807, 2.05) is 24.3 Å². The Morgan fingerprint density at radius 2 is 1.80 bits per heavy atom. The summed E-state index contributed by atoms with van der Waals surface area (Å²) in [6, 6.07) is 16.1. The minimum absolute atomic E-state index is 0.0968. The molecule has 0 bridgehead atoms. The Bertz CT molecular complexity index is 737. The van der Waals surface area contributed by atoms with Crippen LogP contribution in [0.1, 0.15) is 29.2 Å². The van der Waals surface area contributed by atoms with Gasteiger partial charge in [0.2, 0.25) is 0 Å². The molecule has 5 heteroatoms. The number of carbonyl (C=O) groups excluding carboxylic acids is 1. The van der Waals surface area contributed by atoms with Crippen LogP contribution in [0.5, 0.6) is 5.75 Å². The molecule has 0 unspecified atom stereocenters. The van der Waals surface area contributed by atoms with E-state index in [4.69, 9.17) is 9.47 Å². The van der Waals surface area contributed by atoms with Gasteiger partial charge in [-0.1, -0.05) is 42.5 Å². The molecule has 0 saturated carbocycles. The molecule has 4 rings (SSSR count). The fourth-order valence-corrected chi connectivity index (χ4v) is 3.47. The maximum Gasteiger partial charge on any atom is 0.254 e. The summed E-state index contributed by atoms with van der Waals surface area (Å²) in [6.07, 6.45) is 0.339. The van der Waals surface area contributed by atoms with Crippen LogP contribution in [0.15, 0.2) is 48.5 Å². The Morgan fingerprint density at radius 1 is 1.08 bits per heavy atom. The van der Waals surface area contributed by atoms with Gasteiger partial charge in [-0.2, -0.15) is 0 Å². The number of nitrogens with zero attached hydrogens (tertiary/aromatic N) is 1. The number of benzene rings is 2. The van der Waals surface area contributed by atoms with Crippen molar-refractivity contribution in [3.63, 3.8) is 0 Å². The molecule has 0 fully saturated rings. The third-order valence-corrected chi connectivity index (χ3v) is 4.75. The Balaban J connectivity index is 1.24. The third-order valence-electron chi connectivity index (χ3n) is 4.75. The summed E-state index contributed by atoms with van der Waals surface area (Å²) in [5.74, 6) is 0.629. The Kier molecular flexibility index (Phi) is 4.68. The lowest BCUT2D eigenvalue weighted by atomic mass is 10.1. The normalized spacial score (nSPS) is 19.0. The monoisotopic (exact) mass is 338 g/mol. The van der Waals surface area contributed by atoms with Gasteiger partial charge in [-0.05, 0) is 23.6 Å². The average molecular weight is 338 g/mol. The maximum atomic E-state index is 12.4. The number of fused-ring (bicyclic) bond motifs is 2. The lowest BCUT2D eigenvalue weighted by Crippen LogP contribution is -2.35. The van der Waals surface area contributed by atoms with Crippen molar-refractivity contribution < 1.29 is 14.3 Å². The van der Waals surface area contributed by atoms with Gasteiger partial charge in [0.25, 0.3) is 5.91 Å². The van der Waals surface area contributed by atoms with Crippen LogP contribution in [0.4, 0.5) is 0 Å². The van der Waals surface area contributed by atoms with Crippen LogP contribution in [0.2, 0.25) is 0 Å². The summed E-state index contributed by atoms with van der Waals surface area (Å²) >= 11 is 0. The first-order chi connectivity index (χ1) is 12.3. The second-order valence-corrected chi connectivity index (χ2v) is 6.47. The molecule has 2 heterocycles. The van der Waals surface area contributed by atoms with Gasteiger partial charge in [-0.15, -0.1) is 0 Å². The van der Waals surface area contributed by atoms with E-state index in [2.05, 4.69) is 34.5 Å². The minimum Gasteiger partial charge on any atom is -0.467 e. The number of hydrogen-bond acceptors (Lipinski definition) is 4. The lowest BCUT2D eigenvalue weighted by Gasteiger charge is -2.25. The average Bonchev–Trinajstić information content (AvgIpc) is 3.07. The van der Waals surface area contributed by atoms with Gasteiger partial charge in [-0.25, -0.2) is 0 Å². The van der Waals surface area contributed by atoms with Crippen molar-refractivity contribution in [1.29, 1.82) is 0 Å². The summed E-state index contributed by atoms with van der Waals surface area (Å²) in [6.45, 7) is 3.73. The van der Waals surface area contributed by atoms with E-state index in [1.165, 1.54) is 11.1 Å². The second kappa shape index (κ2) is 7.25. The Labute approximate surface area is 147 Å². The minimum atomic E-state index is -0.582. The first kappa shape index (κ1) is 16.1. The van der Waals surface area contributed by atoms with Crippen LogP contribution in [0.25, 0.3) is 0 Å². The highest BCUT2D eigenvalue weighted by Gasteiger charge is 2.28. The van der Waals surface area contributed by atoms with Gasteiger partial charge in [0.15, 0.2) is 12.9 Å². The molecule has 0 aromatic heterocycles. The van der Waals surface area contributed by atoms with Crippen LogP contribution >= 0.6 is 0 Å². The zero-order valence-electron chi connectivity index (χ0n) is 14.1. The predicted octanol–water partition coefficient (Wildman–Crippen LogP) is 2.62. The van der Waals surface area contributed by atoms with E-state index in [-0.39, 0.29) is 12.7 Å². The highest BCUT2D eigenvalue weighted by Crippen LogP contribution is 2.31. The summed E-state index contributed by atoms with van der Waals surface area (Å²) < 4.78 is 10.9. The topological polar surface area (TPSA) is 50.8 Å². The third kappa shape index (κ3) is 3.52. The summed E-state index contributed by atoms with van der Waals surface area (Å²) in [5, 5.41) is 2.99. The van der Waals surface area contributed by atoms with Crippen molar-refractivity contribution in [2.24, 2.45) is 0 Å². The molecule has 0 aliphatic carbocycles. The molecule has 0 radical (unpaired) electrons. The Hall–Kier alpha value is -2.37. The molecule has 1 atom stereocenters. The molecule has 0 spiro atoms. The van der Waals surface area contributed by atoms with Gasteiger partial charge < -0.3 is 14.8 Å².